The van der Waals surface area contributed by atoms with Crippen LogP contribution in [0.15, 0.2) is 12.2 Å². The highest BCUT2D eigenvalue weighted by Gasteiger charge is 2.46. The largest absolute Gasteiger partial charge is 0.392 e. The van der Waals surface area contributed by atoms with Gasteiger partial charge in [-0.1, -0.05) is 38.3 Å². The zero-order valence-corrected chi connectivity index (χ0v) is 18.8. The minimum Gasteiger partial charge on any atom is -0.392 e. The quantitative estimate of drug-likeness (QED) is 0.359. The molecular formula is C24H43NO4. The number of carbonyl (C=O) groups excluding carboxylic acids is 1. The number of aliphatic hydroxyl groups is 2. The van der Waals surface area contributed by atoms with E-state index < -0.39 is 0 Å². The van der Waals surface area contributed by atoms with Crippen molar-refractivity contribution in [2.75, 3.05) is 26.3 Å². The van der Waals surface area contributed by atoms with Gasteiger partial charge >= 0.3 is 0 Å². The molecule has 0 aromatic rings. The molecule has 6 atom stereocenters. The van der Waals surface area contributed by atoms with E-state index in [9.17, 15) is 15.0 Å². The molecule has 2 fully saturated rings. The molecule has 2 unspecified atom stereocenters. The maximum absolute atomic E-state index is 12.0. The number of aliphatic hydroxyl groups excluding tert-OH is 2. The van der Waals surface area contributed by atoms with Crippen molar-refractivity contribution in [1.82, 2.24) is 4.90 Å². The Hall–Kier alpha value is -0.910. The second-order valence-electron chi connectivity index (χ2n) is 9.00. The van der Waals surface area contributed by atoms with Crippen LogP contribution in [0.25, 0.3) is 0 Å². The first-order chi connectivity index (χ1) is 14.0. The minimum atomic E-state index is -0.387. The van der Waals surface area contributed by atoms with Crippen LogP contribution >= 0.6 is 0 Å². The van der Waals surface area contributed by atoms with Gasteiger partial charge in [-0.15, -0.1) is 0 Å². The molecule has 0 aliphatic heterocycles. The van der Waals surface area contributed by atoms with Crippen LogP contribution in [0.4, 0.5) is 0 Å². The fourth-order valence-corrected chi connectivity index (χ4v) is 5.31. The number of unbranched alkanes of at least 4 members (excludes halogenated alkanes) is 2. The number of hydrogen-bond donors (Lipinski definition) is 2. The molecule has 2 aliphatic carbocycles. The lowest BCUT2D eigenvalue weighted by Gasteiger charge is -2.20. The van der Waals surface area contributed by atoms with E-state index in [4.69, 9.17) is 4.74 Å². The first-order valence-electron chi connectivity index (χ1n) is 11.9. The van der Waals surface area contributed by atoms with Crippen LogP contribution in [0.1, 0.15) is 72.1 Å². The van der Waals surface area contributed by atoms with Crippen molar-refractivity contribution in [2.45, 2.75) is 84.3 Å². The Morgan fingerprint density at radius 2 is 1.93 bits per heavy atom. The highest BCUT2D eigenvalue weighted by molar-refractivity contribution is 5.77. The van der Waals surface area contributed by atoms with Crippen LogP contribution in [0, 0.1) is 23.7 Å². The first kappa shape index (κ1) is 24.4. The molecule has 0 aromatic carbocycles. The lowest BCUT2D eigenvalue weighted by molar-refractivity contribution is -0.135. The van der Waals surface area contributed by atoms with Crippen molar-refractivity contribution in [3.63, 3.8) is 0 Å². The van der Waals surface area contributed by atoms with Gasteiger partial charge in [0.05, 0.1) is 12.2 Å². The van der Waals surface area contributed by atoms with E-state index in [-0.39, 0.29) is 30.6 Å². The Morgan fingerprint density at radius 1 is 1.17 bits per heavy atom. The van der Waals surface area contributed by atoms with Crippen molar-refractivity contribution in [1.29, 1.82) is 0 Å². The van der Waals surface area contributed by atoms with Gasteiger partial charge in [-0.05, 0) is 63.7 Å². The predicted molar refractivity (Wildman–Crippen MR) is 116 cm³/mol. The highest BCUT2D eigenvalue weighted by atomic mass is 16.5. The van der Waals surface area contributed by atoms with E-state index in [2.05, 4.69) is 13.0 Å². The number of nitrogens with zero attached hydrogens (tertiary/aromatic N) is 1. The van der Waals surface area contributed by atoms with Crippen LogP contribution < -0.4 is 0 Å². The summed E-state index contributed by atoms with van der Waals surface area (Å²) >= 11 is 0. The van der Waals surface area contributed by atoms with Crippen LogP contribution in [0.3, 0.4) is 0 Å². The molecule has 0 radical (unpaired) electrons. The van der Waals surface area contributed by atoms with Crippen molar-refractivity contribution in [2.24, 2.45) is 23.7 Å². The Balaban J connectivity index is 1.72. The molecule has 5 nitrogen and oxygen atoms in total. The van der Waals surface area contributed by atoms with Gasteiger partial charge in [0.25, 0.3) is 0 Å². The maximum Gasteiger partial charge on any atom is 0.248 e. The average Bonchev–Trinajstić information content (AvgIpc) is 3.21. The molecule has 0 saturated heterocycles. The number of carbonyl (C=O) groups is 1. The molecule has 2 N–H and O–H groups in total. The van der Waals surface area contributed by atoms with E-state index in [0.29, 0.717) is 24.4 Å². The van der Waals surface area contributed by atoms with Gasteiger partial charge in [-0.25, -0.2) is 0 Å². The van der Waals surface area contributed by atoms with Crippen LogP contribution in [-0.4, -0.2) is 59.5 Å². The first-order valence-corrected chi connectivity index (χ1v) is 11.9. The summed E-state index contributed by atoms with van der Waals surface area (Å²) in [7, 11) is 0. The van der Waals surface area contributed by atoms with Crippen LogP contribution in [-0.2, 0) is 9.53 Å². The van der Waals surface area contributed by atoms with Crippen molar-refractivity contribution in [3.05, 3.63) is 12.2 Å². The summed E-state index contributed by atoms with van der Waals surface area (Å²) in [6, 6.07) is 0. The summed E-state index contributed by atoms with van der Waals surface area (Å²) in [5, 5.41) is 20.6. The molecule has 0 aromatic heterocycles. The summed E-state index contributed by atoms with van der Waals surface area (Å²) < 4.78 is 5.65. The van der Waals surface area contributed by atoms with Gasteiger partial charge in [0.2, 0.25) is 5.91 Å². The Morgan fingerprint density at radius 3 is 2.62 bits per heavy atom. The van der Waals surface area contributed by atoms with Gasteiger partial charge in [0, 0.05) is 25.6 Å². The summed E-state index contributed by atoms with van der Waals surface area (Å²) in [6.45, 7) is 8.42. The molecule has 29 heavy (non-hydrogen) atoms. The molecule has 168 valence electrons. The molecule has 0 spiro atoms. The van der Waals surface area contributed by atoms with Crippen molar-refractivity contribution in [3.8, 4) is 0 Å². The molecule has 0 heterocycles. The Labute approximate surface area is 177 Å². The number of likely N-dealkylation sites (N-methyl/N-ethyl adjacent to an activating group) is 1. The molecule has 1 amide bonds. The van der Waals surface area contributed by atoms with Gasteiger partial charge in [0.1, 0.15) is 6.61 Å². The monoisotopic (exact) mass is 409 g/mol. The number of rotatable bonds is 13. The summed E-state index contributed by atoms with van der Waals surface area (Å²) in [4.78, 5) is 13.8. The second-order valence-corrected chi connectivity index (χ2v) is 9.00. The standard InChI is InChI=1S/C24H43NO4/c1-4-7-8-9-20(26)10-11-21-22-15-18(14-19(22)16-23(21)27)12-13-29-17-24(28)25(5-2)6-3/h10-11,18-23,26-27H,4-9,12-17H2,1-3H3/t18?,19-,20?,21+,22+,23+/m0/s1. The SMILES string of the molecule is CCCCCC(O)C=C[C@@H]1[C@@H]2CC(CCOCC(=O)N(CC)CC)C[C@H]2C[C@H]1O. The normalized spacial score (nSPS) is 30.0. The van der Waals surface area contributed by atoms with Crippen LogP contribution in [0.2, 0.25) is 0 Å². The lowest BCUT2D eigenvalue weighted by atomic mass is 9.89. The summed E-state index contributed by atoms with van der Waals surface area (Å²) in [5.41, 5.74) is 0. The number of ether oxygens (including phenoxy) is 1. The zero-order valence-electron chi connectivity index (χ0n) is 18.8. The molecule has 2 saturated carbocycles. The third kappa shape index (κ3) is 7.37. The molecule has 0 bridgehead atoms. The summed E-state index contributed by atoms with van der Waals surface area (Å²) in [6.07, 6.45) is 11.7. The molecule has 2 aliphatic rings. The van der Waals surface area contributed by atoms with Gasteiger partial charge in [-0.2, -0.15) is 0 Å². The number of hydrogen-bond acceptors (Lipinski definition) is 4. The van der Waals surface area contributed by atoms with E-state index in [1.807, 2.05) is 19.9 Å². The van der Waals surface area contributed by atoms with E-state index in [0.717, 1.165) is 64.5 Å². The fourth-order valence-electron chi connectivity index (χ4n) is 5.31. The van der Waals surface area contributed by atoms with Gasteiger partial charge < -0.3 is 19.8 Å². The third-order valence-corrected chi connectivity index (χ3v) is 7.00. The van der Waals surface area contributed by atoms with E-state index >= 15 is 0 Å². The maximum atomic E-state index is 12.0. The number of fused-ring (bicyclic) bond motifs is 1. The second kappa shape index (κ2) is 12.7. The number of amides is 1. The molecular weight excluding hydrogens is 366 g/mol. The predicted octanol–water partition coefficient (Wildman–Crippen LogP) is 3.78. The zero-order chi connectivity index (χ0) is 21.2. The van der Waals surface area contributed by atoms with E-state index in [1.165, 1.54) is 0 Å². The summed E-state index contributed by atoms with van der Waals surface area (Å²) in [5.74, 6) is 1.97. The highest BCUT2D eigenvalue weighted by Crippen LogP contribution is 2.51. The third-order valence-electron chi connectivity index (χ3n) is 7.00. The van der Waals surface area contributed by atoms with Crippen LogP contribution in [0.5, 0.6) is 0 Å². The van der Waals surface area contributed by atoms with Crippen molar-refractivity contribution >= 4 is 5.91 Å². The topological polar surface area (TPSA) is 70.0 Å². The lowest BCUT2D eigenvalue weighted by Crippen LogP contribution is -2.33. The van der Waals surface area contributed by atoms with Gasteiger partial charge in [0.15, 0.2) is 0 Å². The average molecular weight is 410 g/mol. The Kier molecular flexibility index (Phi) is 10.7. The molecule has 5 heteroatoms. The minimum absolute atomic E-state index is 0.0732. The smallest absolute Gasteiger partial charge is 0.248 e. The van der Waals surface area contributed by atoms with E-state index in [1.54, 1.807) is 4.90 Å². The fraction of sp³-hybridized carbons (Fsp3) is 0.875. The Bertz CT molecular complexity index is 505. The van der Waals surface area contributed by atoms with Crippen molar-refractivity contribution < 1.29 is 19.7 Å². The van der Waals surface area contributed by atoms with Gasteiger partial charge in [-0.3, -0.25) is 4.79 Å². The molecule has 2 rings (SSSR count).